The maximum atomic E-state index is 14.2. The average molecular weight is 509 g/mol. The van der Waals surface area contributed by atoms with E-state index in [1.54, 1.807) is 0 Å². The van der Waals surface area contributed by atoms with E-state index in [1.807, 2.05) is 0 Å². The lowest BCUT2D eigenvalue weighted by Crippen LogP contribution is -2.74. The van der Waals surface area contributed by atoms with E-state index in [2.05, 4.69) is 87.5 Å². The smallest absolute Gasteiger partial charge is 0.166 e. The molecule has 0 N–H and O–H groups in total. The Morgan fingerprint density at radius 1 is 0.947 bits per heavy atom. The number of carbonyl (C=O) groups excluding carboxylic acids is 1. The van der Waals surface area contributed by atoms with Gasteiger partial charge in [0.25, 0.3) is 0 Å². The highest BCUT2D eigenvalue weighted by Gasteiger charge is 2.74. The molecule has 2 aromatic carbocycles. The number of allylic oxidation sites excluding steroid dienone is 1. The Labute approximate surface area is 229 Å². The lowest BCUT2D eigenvalue weighted by atomic mass is 9.41. The maximum Gasteiger partial charge on any atom is 0.166 e. The second-order valence-electron chi connectivity index (χ2n) is 14.2. The number of ether oxygens (including phenoxy) is 1. The Hall–Kier alpha value is -2.19. The Balaban J connectivity index is 1.15. The van der Waals surface area contributed by atoms with E-state index in [1.165, 1.54) is 55.2 Å². The Morgan fingerprint density at radius 2 is 1.63 bits per heavy atom. The zero-order chi connectivity index (χ0) is 26.1. The molecule has 2 heterocycles. The normalized spacial score (nSPS) is 41.8. The molecule has 2 aromatic rings. The summed E-state index contributed by atoms with van der Waals surface area (Å²) >= 11 is 0. The summed E-state index contributed by atoms with van der Waals surface area (Å²) in [4.78, 5) is 14.2. The topological polar surface area (TPSA) is 26.3 Å². The third-order valence-corrected chi connectivity index (χ3v) is 12.3. The summed E-state index contributed by atoms with van der Waals surface area (Å²) in [6, 6.07) is 21.7. The fourth-order valence-electron chi connectivity index (χ4n) is 10.3. The van der Waals surface area contributed by atoms with E-state index < -0.39 is 5.60 Å². The minimum atomic E-state index is -0.479. The monoisotopic (exact) mass is 508 g/mol. The first-order chi connectivity index (χ1) is 18.3. The summed E-state index contributed by atoms with van der Waals surface area (Å²) in [6.07, 6.45) is 13.2. The van der Waals surface area contributed by atoms with Crippen LogP contribution in [0.15, 0.2) is 66.7 Å². The number of benzene rings is 2. The molecule has 38 heavy (non-hydrogen) atoms. The minimum absolute atomic E-state index is 0.0653. The van der Waals surface area contributed by atoms with Crippen LogP contribution in [0.4, 0.5) is 0 Å². The van der Waals surface area contributed by atoms with Gasteiger partial charge in [-0.3, -0.25) is 4.79 Å². The SMILES string of the molecule is C[C@H](CC=C(c1ccccc1)c1ccccc1)[C@@H]1C[C@@H]2[C@@H]3CC[C@H]4C[C@H]5CC[C@]4(C)[C@@]3(O5)C(=O)C[C@]2(C)C1. The summed E-state index contributed by atoms with van der Waals surface area (Å²) < 4.78 is 6.93. The molecule has 2 aliphatic heterocycles. The predicted molar refractivity (Wildman–Crippen MR) is 153 cm³/mol. The fourth-order valence-corrected chi connectivity index (χ4v) is 10.3. The summed E-state index contributed by atoms with van der Waals surface area (Å²) in [7, 11) is 0. The molecule has 0 amide bonds. The van der Waals surface area contributed by atoms with Crippen molar-refractivity contribution in [1.82, 2.24) is 0 Å². The molecule has 4 bridgehead atoms. The average Bonchev–Trinajstić information content (AvgIpc) is 3.27. The lowest BCUT2D eigenvalue weighted by Gasteiger charge is -2.70. The third kappa shape index (κ3) is 3.51. The molecular formula is C36H44O2. The number of carbonyl (C=O) groups is 1. The van der Waals surface area contributed by atoms with Gasteiger partial charge in [-0.1, -0.05) is 87.5 Å². The molecule has 0 radical (unpaired) electrons. The number of ketones is 1. The van der Waals surface area contributed by atoms with E-state index in [9.17, 15) is 4.79 Å². The summed E-state index contributed by atoms with van der Waals surface area (Å²) in [5.41, 5.74) is 3.65. The van der Waals surface area contributed by atoms with Crippen LogP contribution in [0.1, 0.15) is 89.7 Å². The van der Waals surface area contributed by atoms with Crippen LogP contribution in [-0.4, -0.2) is 17.5 Å². The van der Waals surface area contributed by atoms with Crippen LogP contribution in [0, 0.1) is 40.4 Å². The van der Waals surface area contributed by atoms with Gasteiger partial charge in [-0.05, 0) is 103 Å². The predicted octanol–water partition coefficient (Wildman–Crippen LogP) is 8.50. The molecule has 200 valence electrons. The van der Waals surface area contributed by atoms with Gasteiger partial charge in [0.1, 0.15) is 5.60 Å². The van der Waals surface area contributed by atoms with Gasteiger partial charge in [-0.2, -0.15) is 0 Å². The number of hydrogen-bond acceptors (Lipinski definition) is 2. The van der Waals surface area contributed by atoms with Crippen molar-refractivity contribution in [2.24, 2.45) is 40.4 Å². The Bertz CT molecular complexity index is 1190. The lowest BCUT2D eigenvalue weighted by molar-refractivity contribution is -0.306. The molecule has 4 aliphatic carbocycles. The number of hydrogen-bond donors (Lipinski definition) is 0. The van der Waals surface area contributed by atoms with E-state index in [4.69, 9.17) is 4.74 Å². The molecular weight excluding hydrogens is 464 g/mol. The van der Waals surface area contributed by atoms with Crippen LogP contribution < -0.4 is 0 Å². The highest BCUT2D eigenvalue weighted by Crippen LogP contribution is 2.72. The van der Waals surface area contributed by atoms with Crippen molar-refractivity contribution in [3.05, 3.63) is 77.9 Å². The molecule has 6 aliphatic rings. The quantitative estimate of drug-likeness (QED) is 0.405. The summed E-state index contributed by atoms with van der Waals surface area (Å²) in [5.74, 6) is 3.48. The van der Waals surface area contributed by atoms with E-state index in [0.717, 1.165) is 19.3 Å². The Kier molecular flexibility index (Phi) is 5.82. The number of fused-ring (bicyclic) bond motifs is 3. The number of Topliss-reactive ketones (excluding diaryl/α,β-unsaturated/α-hetero) is 1. The molecule has 0 unspecified atom stereocenters. The fraction of sp³-hybridized carbons (Fsp3) is 0.583. The standard InChI is InChI=1S/C36H44O2/c1-24(14-16-30(25-10-6-4-7-11-25)26-12-8-5-9-13-26)27-20-32-31-17-15-28-21-29-18-19-35(28,3)36(31,38-29)33(37)23-34(32,2)22-27/h4-13,16,24,27-29,31-32H,14-15,17-23H2,1-3H3/t24-,27-,28+,29-,31+,32-,34+,35+,36+/m1/s1. The van der Waals surface area contributed by atoms with E-state index in [0.29, 0.717) is 41.5 Å². The van der Waals surface area contributed by atoms with Crippen molar-refractivity contribution >= 4 is 11.4 Å². The van der Waals surface area contributed by atoms with Crippen LogP contribution in [0.3, 0.4) is 0 Å². The van der Waals surface area contributed by atoms with Crippen LogP contribution in [0.25, 0.3) is 5.57 Å². The van der Waals surface area contributed by atoms with Crippen molar-refractivity contribution in [2.45, 2.75) is 90.3 Å². The molecule has 1 spiro atoms. The van der Waals surface area contributed by atoms with Gasteiger partial charge in [0, 0.05) is 11.8 Å². The van der Waals surface area contributed by atoms with Gasteiger partial charge < -0.3 is 4.74 Å². The van der Waals surface area contributed by atoms with E-state index >= 15 is 0 Å². The first-order valence-electron chi connectivity index (χ1n) is 15.4. The Morgan fingerprint density at radius 3 is 2.32 bits per heavy atom. The van der Waals surface area contributed by atoms with Gasteiger partial charge in [-0.15, -0.1) is 0 Å². The first kappa shape index (κ1) is 24.8. The highest BCUT2D eigenvalue weighted by atomic mass is 16.5. The largest absolute Gasteiger partial charge is 0.363 e. The molecule has 2 heteroatoms. The molecule has 2 nitrogen and oxygen atoms in total. The zero-order valence-electron chi connectivity index (χ0n) is 23.5. The van der Waals surface area contributed by atoms with Crippen molar-refractivity contribution < 1.29 is 9.53 Å². The van der Waals surface area contributed by atoms with Crippen molar-refractivity contribution in [3.8, 4) is 0 Å². The van der Waals surface area contributed by atoms with Crippen LogP contribution >= 0.6 is 0 Å². The first-order valence-corrected chi connectivity index (χ1v) is 15.4. The molecule has 6 fully saturated rings. The van der Waals surface area contributed by atoms with Gasteiger partial charge >= 0.3 is 0 Å². The van der Waals surface area contributed by atoms with Crippen molar-refractivity contribution in [1.29, 1.82) is 0 Å². The highest BCUT2D eigenvalue weighted by molar-refractivity contribution is 5.91. The second kappa shape index (κ2) is 8.91. The number of rotatable bonds is 5. The molecule has 8 rings (SSSR count). The van der Waals surface area contributed by atoms with Crippen LogP contribution in [-0.2, 0) is 9.53 Å². The maximum absolute atomic E-state index is 14.2. The van der Waals surface area contributed by atoms with E-state index in [-0.39, 0.29) is 10.8 Å². The molecule has 2 saturated heterocycles. The van der Waals surface area contributed by atoms with Gasteiger partial charge in [0.05, 0.1) is 6.10 Å². The van der Waals surface area contributed by atoms with Crippen molar-refractivity contribution in [2.75, 3.05) is 0 Å². The summed E-state index contributed by atoms with van der Waals surface area (Å²) in [6.45, 7) is 7.36. The molecule has 9 atom stereocenters. The summed E-state index contributed by atoms with van der Waals surface area (Å²) in [5, 5.41) is 0. The second-order valence-corrected chi connectivity index (χ2v) is 14.2. The third-order valence-electron chi connectivity index (χ3n) is 12.3. The minimum Gasteiger partial charge on any atom is -0.363 e. The van der Waals surface area contributed by atoms with Gasteiger partial charge in [-0.25, -0.2) is 0 Å². The van der Waals surface area contributed by atoms with Gasteiger partial charge in [0.2, 0.25) is 0 Å². The molecule has 0 aromatic heterocycles. The van der Waals surface area contributed by atoms with Crippen LogP contribution in [0.2, 0.25) is 0 Å². The van der Waals surface area contributed by atoms with Crippen molar-refractivity contribution in [3.63, 3.8) is 0 Å². The van der Waals surface area contributed by atoms with Gasteiger partial charge in [0.15, 0.2) is 5.78 Å². The zero-order valence-corrected chi connectivity index (χ0v) is 23.5. The van der Waals surface area contributed by atoms with Crippen LogP contribution in [0.5, 0.6) is 0 Å². The molecule has 4 saturated carbocycles.